The number of hydrogen-bond donors (Lipinski definition) is 2. The zero-order valence-corrected chi connectivity index (χ0v) is 22.2. The van der Waals surface area contributed by atoms with E-state index in [0.29, 0.717) is 11.5 Å². The number of phenols is 2. The fourth-order valence-corrected chi connectivity index (χ4v) is 5.33. The second-order valence-corrected chi connectivity index (χ2v) is 11.2. The van der Waals surface area contributed by atoms with Gasteiger partial charge in [-0.2, -0.15) is 0 Å². The van der Waals surface area contributed by atoms with E-state index >= 15 is 0 Å². The summed E-state index contributed by atoms with van der Waals surface area (Å²) in [5, 5.41) is 23.2. The molecule has 0 radical (unpaired) electrons. The van der Waals surface area contributed by atoms with E-state index in [1.807, 2.05) is 6.92 Å². The number of aryl methyl sites for hydroxylation is 2. The van der Waals surface area contributed by atoms with E-state index in [4.69, 9.17) is 0 Å². The molecule has 0 heterocycles. The van der Waals surface area contributed by atoms with Gasteiger partial charge in [-0.25, -0.2) is 0 Å². The van der Waals surface area contributed by atoms with Crippen molar-refractivity contribution in [3.63, 3.8) is 0 Å². The largest absolute Gasteiger partial charge is 0.507 e. The Kier molecular flexibility index (Phi) is 8.34. The van der Waals surface area contributed by atoms with Gasteiger partial charge in [-0.15, -0.1) is 0 Å². The van der Waals surface area contributed by atoms with Crippen molar-refractivity contribution in [1.29, 1.82) is 0 Å². The average Bonchev–Trinajstić information content (AvgIpc) is 2.78. The first-order valence-corrected chi connectivity index (χ1v) is 13.1. The van der Waals surface area contributed by atoms with Crippen LogP contribution in [0.25, 0.3) is 5.57 Å². The monoisotopic (exact) mass is 460 g/mol. The third-order valence-electron chi connectivity index (χ3n) is 7.06. The maximum atomic E-state index is 11.7. The molecule has 0 saturated carbocycles. The van der Waals surface area contributed by atoms with Crippen LogP contribution in [-0.4, -0.2) is 10.2 Å². The van der Waals surface area contributed by atoms with E-state index in [1.54, 1.807) is 0 Å². The van der Waals surface area contributed by atoms with E-state index in [-0.39, 0.29) is 11.3 Å². The zero-order chi connectivity index (χ0) is 25.0. The Balaban J connectivity index is 2.37. The topological polar surface area (TPSA) is 40.5 Å². The number of rotatable bonds is 8. The van der Waals surface area contributed by atoms with Gasteiger partial charge in [0.05, 0.1) is 0 Å². The number of benzene rings is 2. The van der Waals surface area contributed by atoms with Crippen LogP contribution in [0, 0.1) is 0 Å². The molecule has 34 heavy (non-hydrogen) atoms. The fourth-order valence-electron chi connectivity index (χ4n) is 5.33. The van der Waals surface area contributed by atoms with Crippen LogP contribution in [0.5, 0.6) is 11.5 Å². The van der Waals surface area contributed by atoms with E-state index in [1.165, 1.54) is 23.1 Å². The van der Waals surface area contributed by atoms with Gasteiger partial charge in [-0.1, -0.05) is 83.9 Å². The summed E-state index contributed by atoms with van der Waals surface area (Å²) in [7, 11) is 0. The molecule has 1 unspecified atom stereocenters. The molecule has 2 nitrogen and oxygen atoms in total. The van der Waals surface area contributed by atoms with Gasteiger partial charge in [0.1, 0.15) is 11.5 Å². The highest BCUT2D eigenvalue weighted by molar-refractivity contribution is 5.71. The molecule has 0 fully saturated rings. The lowest BCUT2D eigenvalue weighted by Crippen LogP contribution is -2.16. The molecule has 1 atom stereocenters. The van der Waals surface area contributed by atoms with E-state index in [9.17, 15) is 10.2 Å². The van der Waals surface area contributed by atoms with Crippen molar-refractivity contribution in [2.45, 2.75) is 104 Å². The van der Waals surface area contributed by atoms with Crippen molar-refractivity contribution in [3.8, 4) is 11.5 Å². The molecule has 0 saturated heterocycles. The van der Waals surface area contributed by atoms with Gasteiger partial charge in [-0.05, 0) is 79.2 Å². The first-order chi connectivity index (χ1) is 16.1. The highest BCUT2D eigenvalue weighted by Gasteiger charge is 2.30. The van der Waals surface area contributed by atoms with Crippen LogP contribution in [0.1, 0.15) is 119 Å². The van der Waals surface area contributed by atoms with Crippen LogP contribution in [0.3, 0.4) is 0 Å². The molecule has 1 aliphatic carbocycles. The second-order valence-electron chi connectivity index (χ2n) is 11.2. The lowest BCUT2D eigenvalue weighted by molar-refractivity contribution is 0.435. The molecule has 0 aromatic heterocycles. The smallest absolute Gasteiger partial charge is 0.127 e. The van der Waals surface area contributed by atoms with Gasteiger partial charge in [0.2, 0.25) is 0 Å². The van der Waals surface area contributed by atoms with Crippen LogP contribution in [0.4, 0.5) is 0 Å². The Bertz CT molecular complexity index is 1070. The molecule has 0 spiro atoms. The maximum Gasteiger partial charge on any atom is 0.127 e. The Morgan fingerprint density at radius 1 is 0.912 bits per heavy atom. The van der Waals surface area contributed by atoms with Crippen molar-refractivity contribution < 1.29 is 10.2 Å². The normalized spacial score (nSPS) is 15.2. The molecule has 0 amide bonds. The van der Waals surface area contributed by atoms with Crippen LogP contribution in [0.2, 0.25) is 0 Å². The molecule has 2 aromatic carbocycles. The summed E-state index contributed by atoms with van der Waals surface area (Å²) in [6.45, 7) is 17.0. The molecule has 2 heteroatoms. The van der Waals surface area contributed by atoms with E-state index in [0.717, 1.165) is 72.8 Å². The third-order valence-corrected chi connectivity index (χ3v) is 7.06. The van der Waals surface area contributed by atoms with Gasteiger partial charge < -0.3 is 10.2 Å². The zero-order valence-electron chi connectivity index (χ0n) is 22.2. The van der Waals surface area contributed by atoms with Gasteiger partial charge >= 0.3 is 0 Å². The first-order valence-electron chi connectivity index (χ1n) is 13.1. The standard InChI is InChI=1S/C32H44O2/c1-8-13-22-17-25(21(3)4)30(33)26(18-22)29(24-15-11-10-12-16-24)27-19-23(14-9-2)20-28(31(27)34)32(5,6)7/h15,17-20,29,33-34H,3,8-14,16H2,1-2,4-7H3. The highest BCUT2D eigenvalue weighted by Crippen LogP contribution is 2.48. The predicted octanol–water partition coefficient (Wildman–Crippen LogP) is 8.97. The van der Waals surface area contributed by atoms with E-state index < -0.39 is 0 Å². The Hall–Kier alpha value is -2.48. The number of hydrogen-bond acceptors (Lipinski definition) is 2. The van der Waals surface area contributed by atoms with Crippen molar-refractivity contribution in [2.24, 2.45) is 0 Å². The van der Waals surface area contributed by atoms with Crippen molar-refractivity contribution in [3.05, 3.63) is 75.9 Å². The average molecular weight is 461 g/mol. The summed E-state index contributed by atoms with van der Waals surface area (Å²) in [4.78, 5) is 0. The fraction of sp³-hybridized carbons (Fsp3) is 0.500. The van der Waals surface area contributed by atoms with Crippen LogP contribution in [0.15, 0.2) is 42.5 Å². The Morgan fingerprint density at radius 2 is 1.50 bits per heavy atom. The molecule has 1 aliphatic rings. The number of aromatic hydroxyl groups is 2. The van der Waals surface area contributed by atoms with Gasteiger partial charge in [0.15, 0.2) is 0 Å². The Labute approximate surface area is 207 Å². The molecule has 2 aromatic rings. The quantitative estimate of drug-likeness (QED) is 0.386. The first kappa shape index (κ1) is 26.1. The van der Waals surface area contributed by atoms with Crippen LogP contribution < -0.4 is 0 Å². The number of phenolic OH excluding ortho intramolecular Hbond substituents is 2. The van der Waals surface area contributed by atoms with Crippen LogP contribution in [-0.2, 0) is 18.3 Å². The third kappa shape index (κ3) is 5.59. The lowest BCUT2D eigenvalue weighted by Gasteiger charge is -2.30. The molecular weight excluding hydrogens is 416 g/mol. The number of allylic oxidation sites excluding steroid dienone is 3. The van der Waals surface area contributed by atoms with Crippen molar-refractivity contribution in [1.82, 2.24) is 0 Å². The minimum Gasteiger partial charge on any atom is -0.507 e. The summed E-state index contributed by atoms with van der Waals surface area (Å²) >= 11 is 0. The summed E-state index contributed by atoms with van der Waals surface area (Å²) in [6.07, 6.45) is 10.8. The summed E-state index contributed by atoms with van der Waals surface area (Å²) in [6, 6.07) is 8.64. The molecule has 0 aliphatic heterocycles. The van der Waals surface area contributed by atoms with Gasteiger partial charge in [-0.3, -0.25) is 0 Å². The highest BCUT2D eigenvalue weighted by atomic mass is 16.3. The van der Waals surface area contributed by atoms with E-state index in [2.05, 4.69) is 71.5 Å². The van der Waals surface area contributed by atoms with Gasteiger partial charge in [0, 0.05) is 22.6 Å². The summed E-state index contributed by atoms with van der Waals surface area (Å²) in [5.41, 5.74) is 8.12. The Morgan fingerprint density at radius 3 is 2.00 bits per heavy atom. The van der Waals surface area contributed by atoms with Crippen LogP contribution >= 0.6 is 0 Å². The summed E-state index contributed by atoms with van der Waals surface area (Å²) < 4.78 is 0. The predicted molar refractivity (Wildman–Crippen MR) is 146 cm³/mol. The molecule has 2 N–H and O–H groups in total. The van der Waals surface area contributed by atoms with Crippen molar-refractivity contribution in [2.75, 3.05) is 0 Å². The molecule has 184 valence electrons. The maximum absolute atomic E-state index is 11.7. The second kappa shape index (κ2) is 10.8. The molecule has 3 rings (SSSR count). The summed E-state index contributed by atoms with van der Waals surface area (Å²) in [5.74, 6) is 0.524. The molecule has 0 bridgehead atoms. The van der Waals surface area contributed by atoms with Crippen molar-refractivity contribution >= 4 is 5.57 Å². The lowest BCUT2D eigenvalue weighted by atomic mass is 9.75. The minimum atomic E-state index is -0.178. The van der Waals surface area contributed by atoms with Gasteiger partial charge in [0.25, 0.3) is 0 Å². The SMILES string of the molecule is C=C(C)c1cc(CCC)cc(C(C2=CCCCC2)c2cc(CCC)cc(C(C)(C)C)c2O)c1O. The molecular formula is C32H44O2. The minimum absolute atomic E-state index is 0.159.